The van der Waals surface area contributed by atoms with Crippen molar-refractivity contribution in [3.8, 4) is 6.07 Å². The molecule has 1 unspecified atom stereocenters. The van der Waals surface area contributed by atoms with Gasteiger partial charge in [0.05, 0.1) is 16.6 Å². The smallest absolute Gasteiger partial charge is 0.145 e. The van der Waals surface area contributed by atoms with Gasteiger partial charge in [-0.3, -0.25) is 0 Å². The third-order valence-corrected chi connectivity index (χ3v) is 1.87. The first-order valence-electron chi connectivity index (χ1n) is 4.05. The number of aromatic nitrogens is 1. The molecule has 0 aromatic carbocycles. The molecular weight excluding hydrogens is 205 g/mol. The first-order chi connectivity index (χ1) is 6.67. The van der Waals surface area contributed by atoms with E-state index in [1.165, 1.54) is 12.3 Å². The molecule has 1 heterocycles. The van der Waals surface area contributed by atoms with Crippen molar-refractivity contribution in [1.82, 2.24) is 4.98 Å². The third kappa shape index (κ3) is 2.57. The van der Waals surface area contributed by atoms with Gasteiger partial charge in [0.25, 0.3) is 0 Å². The van der Waals surface area contributed by atoms with Crippen LogP contribution >= 0.6 is 11.6 Å². The van der Waals surface area contributed by atoms with E-state index in [-0.39, 0.29) is 6.04 Å². The third-order valence-electron chi connectivity index (χ3n) is 1.58. The number of pyridine rings is 1. The lowest BCUT2D eigenvalue weighted by molar-refractivity contribution is 0.459. The molecule has 0 spiro atoms. The van der Waals surface area contributed by atoms with Crippen molar-refractivity contribution in [2.24, 2.45) is 0 Å². The predicted octanol–water partition coefficient (Wildman–Crippen LogP) is 2.38. The molecule has 0 aliphatic rings. The fourth-order valence-electron chi connectivity index (χ4n) is 0.877. The molecule has 3 nitrogen and oxygen atoms in total. The minimum Gasteiger partial charge on any atom is -0.364 e. The van der Waals surface area contributed by atoms with Gasteiger partial charge in [0.1, 0.15) is 18.6 Å². The van der Waals surface area contributed by atoms with Gasteiger partial charge < -0.3 is 5.32 Å². The Morgan fingerprint density at radius 2 is 2.50 bits per heavy atom. The molecule has 1 N–H and O–H groups in total. The minimum absolute atomic E-state index is 0.323. The van der Waals surface area contributed by atoms with Crippen LogP contribution in [0.1, 0.15) is 12.5 Å². The van der Waals surface area contributed by atoms with Gasteiger partial charge in [0, 0.05) is 6.20 Å². The van der Waals surface area contributed by atoms with Crippen LogP contribution in [0.15, 0.2) is 12.3 Å². The lowest BCUT2D eigenvalue weighted by atomic mass is 10.3. The van der Waals surface area contributed by atoms with E-state index in [1.54, 1.807) is 6.92 Å². The fourth-order valence-corrected chi connectivity index (χ4v) is 1.10. The highest BCUT2D eigenvalue weighted by molar-refractivity contribution is 6.33. The van der Waals surface area contributed by atoms with Gasteiger partial charge in [0.2, 0.25) is 0 Å². The zero-order chi connectivity index (χ0) is 10.6. The van der Waals surface area contributed by atoms with Gasteiger partial charge in [-0.05, 0) is 13.0 Å². The number of nitriles is 1. The Kier molecular flexibility index (Phi) is 3.66. The normalized spacial score (nSPS) is 11.9. The molecule has 0 saturated heterocycles. The lowest BCUT2D eigenvalue weighted by Gasteiger charge is -2.11. The summed E-state index contributed by atoms with van der Waals surface area (Å²) < 4.78 is 12.2. The highest BCUT2D eigenvalue weighted by atomic mass is 35.5. The standard InChI is InChI=1S/C9H9ClFN3/c1-6(3-11)14-9-8(10)2-7(4-12)5-13-9/h2,5-6H,3H2,1H3,(H,13,14). The largest absolute Gasteiger partial charge is 0.364 e. The van der Waals surface area contributed by atoms with Crippen LogP contribution in [0.2, 0.25) is 5.02 Å². The first-order valence-corrected chi connectivity index (χ1v) is 4.43. The fraction of sp³-hybridized carbons (Fsp3) is 0.333. The van der Waals surface area contributed by atoms with Crippen molar-refractivity contribution in [3.63, 3.8) is 0 Å². The second-order valence-corrected chi connectivity index (χ2v) is 3.27. The zero-order valence-corrected chi connectivity index (χ0v) is 8.35. The molecule has 1 atom stereocenters. The molecule has 1 aromatic heterocycles. The van der Waals surface area contributed by atoms with Crippen LogP contribution in [-0.2, 0) is 0 Å². The van der Waals surface area contributed by atoms with Crippen LogP contribution in [0.4, 0.5) is 10.2 Å². The van der Waals surface area contributed by atoms with Crippen molar-refractivity contribution in [2.75, 3.05) is 12.0 Å². The Morgan fingerprint density at radius 1 is 1.79 bits per heavy atom. The Balaban J connectivity index is 2.85. The molecule has 0 aliphatic heterocycles. The van der Waals surface area contributed by atoms with Crippen molar-refractivity contribution in [1.29, 1.82) is 5.26 Å². The number of anilines is 1. The molecule has 14 heavy (non-hydrogen) atoms. The van der Waals surface area contributed by atoms with Gasteiger partial charge in [-0.15, -0.1) is 0 Å². The van der Waals surface area contributed by atoms with E-state index in [0.717, 1.165) is 0 Å². The van der Waals surface area contributed by atoms with E-state index in [0.29, 0.717) is 16.4 Å². The van der Waals surface area contributed by atoms with E-state index in [4.69, 9.17) is 16.9 Å². The minimum atomic E-state index is -0.502. The average molecular weight is 214 g/mol. The quantitative estimate of drug-likeness (QED) is 0.839. The van der Waals surface area contributed by atoms with Gasteiger partial charge in [-0.25, -0.2) is 9.37 Å². The molecule has 0 aliphatic carbocycles. The van der Waals surface area contributed by atoms with E-state index < -0.39 is 6.67 Å². The lowest BCUT2D eigenvalue weighted by Crippen LogP contribution is -2.18. The van der Waals surface area contributed by atoms with E-state index in [1.807, 2.05) is 6.07 Å². The molecule has 0 fully saturated rings. The maximum Gasteiger partial charge on any atom is 0.145 e. The van der Waals surface area contributed by atoms with Gasteiger partial charge in [0.15, 0.2) is 0 Å². The summed E-state index contributed by atoms with van der Waals surface area (Å²) in [4.78, 5) is 3.90. The molecule has 5 heteroatoms. The molecule has 1 aromatic rings. The monoisotopic (exact) mass is 213 g/mol. The number of hydrogen-bond donors (Lipinski definition) is 1. The topological polar surface area (TPSA) is 48.7 Å². The van der Waals surface area contributed by atoms with Gasteiger partial charge in [-0.2, -0.15) is 5.26 Å². The summed E-state index contributed by atoms with van der Waals surface area (Å²) in [6.45, 7) is 1.17. The molecule has 1 rings (SSSR count). The predicted molar refractivity (Wildman–Crippen MR) is 53.0 cm³/mol. The van der Waals surface area contributed by atoms with Gasteiger partial charge in [-0.1, -0.05) is 11.6 Å². The number of nitrogens with zero attached hydrogens (tertiary/aromatic N) is 2. The van der Waals surface area contributed by atoms with Crippen molar-refractivity contribution in [2.45, 2.75) is 13.0 Å². The average Bonchev–Trinajstić information content (AvgIpc) is 2.20. The number of alkyl halides is 1. The van der Waals surface area contributed by atoms with Gasteiger partial charge >= 0.3 is 0 Å². The molecule has 0 radical (unpaired) electrons. The van der Waals surface area contributed by atoms with Crippen molar-refractivity contribution in [3.05, 3.63) is 22.8 Å². The summed E-state index contributed by atoms with van der Waals surface area (Å²) >= 11 is 5.81. The van der Waals surface area contributed by atoms with Crippen LogP contribution in [0.3, 0.4) is 0 Å². The maximum absolute atomic E-state index is 12.2. The van der Waals surface area contributed by atoms with Crippen molar-refractivity contribution >= 4 is 17.4 Å². The Hall–Kier alpha value is -1.34. The SMILES string of the molecule is CC(CF)Nc1ncc(C#N)cc1Cl. The van der Waals surface area contributed by atoms with Crippen LogP contribution in [0.5, 0.6) is 0 Å². The number of hydrogen-bond acceptors (Lipinski definition) is 3. The van der Waals surface area contributed by atoms with Crippen LogP contribution < -0.4 is 5.32 Å². The molecule has 0 amide bonds. The first kappa shape index (κ1) is 10.7. The van der Waals surface area contributed by atoms with E-state index in [2.05, 4.69) is 10.3 Å². The molecular formula is C9H9ClFN3. The van der Waals surface area contributed by atoms with Crippen LogP contribution in [-0.4, -0.2) is 17.7 Å². The van der Waals surface area contributed by atoms with E-state index in [9.17, 15) is 4.39 Å². The number of rotatable bonds is 3. The van der Waals surface area contributed by atoms with Crippen LogP contribution in [0, 0.1) is 11.3 Å². The highest BCUT2D eigenvalue weighted by Crippen LogP contribution is 2.20. The Morgan fingerprint density at radius 3 is 3.00 bits per heavy atom. The summed E-state index contributed by atoms with van der Waals surface area (Å²) in [7, 11) is 0. The Labute approximate surface area is 86.5 Å². The zero-order valence-electron chi connectivity index (χ0n) is 7.59. The Bertz CT molecular complexity index is 362. The molecule has 74 valence electrons. The molecule has 0 bridgehead atoms. The summed E-state index contributed by atoms with van der Waals surface area (Å²) in [5.41, 5.74) is 0.383. The summed E-state index contributed by atoms with van der Waals surface area (Å²) in [6, 6.07) is 3.06. The maximum atomic E-state index is 12.2. The number of nitrogens with one attached hydrogen (secondary N) is 1. The summed E-state index contributed by atoms with van der Waals surface area (Å²) in [5, 5.41) is 11.7. The van der Waals surface area contributed by atoms with Crippen LogP contribution in [0.25, 0.3) is 0 Å². The second-order valence-electron chi connectivity index (χ2n) is 2.87. The highest BCUT2D eigenvalue weighted by Gasteiger charge is 2.06. The summed E-state index contributed by atoms with van der Waals surface area (Å²) in [6.07, 6.45) is 1.39. The second kappa shape index (κ2) is 4.77. The number of halogens is 2. The summed E-state index contributed by atoms with van der Waals surface area (Å²) in [5.74, 6) is 0.399. The molecule has 0 saturated carbocycles. The van der Waals surface area contributed by atoms with E-state index >= 15 is 0 Å². The van der Waals surface area contributed by atoms with Crippen molar-refractivity contribution < 1.29 is 4.39 Å².